The highest BCUT2D eigenvalue weighted by atomic mass is 32.2. The van der Waals surface area contributed by atoms with E-state index in [1.807, 2.05) is 0 Å². The Hall–Kier alpha value is -1.68. The molecule has 0 spiro atoms. The van der Waals surface area contributed by atoms with Crippen molar-refractivity contribution in [2.75, 3.05) is 41.0 Å². The molecule has 0 saturated carbocycles. The standard InChI is InChI=1S/C14H22N2O6S/c1-15(10-12-5-4-6-13(9-12)22-3)23(19,20)16(7-8-21-2)11-14(17)18/h4-6,9H,7-8,10-11H2,1-3H3,(H,17,18). The van der Waals surface area contributed by atoms with Crippen LogP contribution in [0.1, 0.15) is 5.56 Å². The maximum atomic E-state index is 12.5. The van der Waals surface area contributed by atoms with Crippen molar-refractivity contribution in [2.45, 2.75) is 6.54 Å². The second kappa shape index (κ2) is 8.82. The van der Waals surface area contributed by atoms with Crippen LogP contribution in [0.25, 0.3) is 0 Å². The number of rotatable bonds is 10. The van der Waals surface area contributed by atoms with Gasteiger partial charge in [-0.25, -0.2) is 0 Å². The van der Waals surface area contributed by atoms with E-state index in [1.54, 1.807) is 24.3 Å². The van der Waals surface area contributed by atoms with Crippen molar-refractivity contribution in [3.05, 3.63) is 29.8 Å². The van der Waals surface area contributed by atoms with Crippen LogP contribution in [0.3, 0.4) is 0 Å². The number of aliphatic carboxylic acids is 1. The molecule has 0 radical (unpaired) electrons. The average molecular weight is 346 g/mol. The molecule has 0 aliphatic heterocycles. The molecular weight excluding hydrogens is 324 g/mol. The van der Waals surface area contributed by atoms with Crippen LogP contribution in [0.15, 0.2) is 24.3 Å². The molecule has 0 aliphatic rings. The smallest absolute Gasteiger partial charge is 0.318 e. The maximum absolute atomic E-state index is 12.5. The minimum absolute atomic E-state index is 0.0341. The van der Waals surface area contributed by atoms with E-state index in [2.05, 4.69) is 0 Å². The van der Waals surface area contributed by atoms with Gasteiger partial charge in [0.25, 0.3) is 10.2 Å². The lowest BCUT2D eigenvalue weighted by molar-refractivity contribution is -0.137. The fourth-order valence-electron chi connectivity index (χ4n) is 1.93. The Kier molecular flexibility index (Phi) is 7.43. The molecule has 8 nitrogen and oxygen atoms in total. The molecule has 0 aromatic heterocycles. The normalized spacial score (nSPS) is 11.9. The number of hydrogen-bond donors (Lipinski definition) is 1. The molecule has 0 saturated heterocycles. The lowest BCUT2D eigenvalue weighted by atomic mass is 10.2. The number of nitrogens with zero attached hydrogens (tertiary/aromatic N) is 2. The molecule has 0 unspecified atom stereocenters. The molecule has 0 heterocycles. The summed E-state index contributed by atoms with van der Waals surface area (Å²) in [6.07, 6.45) is 0. The summed E-state index contributed by atoms with van der Waals surface area (Å²) in [6.45, 7) is -0.441. The SMILES string of the molecule is COCCN(CC(=O)O)S(=O)(=O)N(C)Cc1cccc(OC)c1. The molecule has 0 atom stereocenters. The lowest BCUT2D eigenvalue weighted by Gasteiger charge is -2.26. The zero-order valence-corrected chi connectivity index (χ0v) is 14.2. The van der Waals surface area contributed by atoms with E-state index in [0.29, 0.717) is 5.75 Å². The van der Waals surface area contributed by atoms with Crippen molar-refractivity contribution in [3.8, 4) is 5.75 Å². The van der Waals surface area contributed by atoms with Crippen LogP contribution in [0.2, 0.25) is 0 Å². The molecule has 9 heteroatoms. The Labute approximate surface area is 136 Å². The van der Waals surface area contributed by atoms with Crippen molar-refractivity contribution in [1.29, 1.82) is 0 Å². The zero-order valence-electron chi connectivity index (χ0n) is 13.4. The molecule has 0 amide bonds. The van der Waals surface area contributed by atoms with Crippen LogP contribution in [0, 0.1) is 0 Å². The summed E-state index contributed by atoms with van der Waals surface area (Å²) in [5.41, 5.74) is 0.734. The quantitative estimate of drug-likeness (QED) is 0.659. The highest BCUT2D eigenvalue weighted by molar-refractivity contribution is 7.86. The Bertz CT molecular complexity index is 619. The van der Waals surface area contributed by atoms with Crippen molar-refractivity contribution in [1.82, 2.24) is 8.61 Å². The van der Waals surface area contributed by atoms with Crippen LogP contribution in [0.4, 0.5) is 0 Å². The van der Waals surface area contributed by atoms with Gasteiger partial charge in [0.05, 0.1) is 13.7 Å². The van der Waals surface area contributed by atoms with E-state index in [0.717, 1.165) is 14.2 Å². The number of carboxylic acid groups (broad SMARTS) is 1. The van der Waals surface area contributed by atoms with E-state index in [9.17, 15) is 13.2 Å². The van der Waals surface area contributed by atoms with E-state index in [-0.39, 0.29) is 19.7 Å². The molecule has 0 bridgehead atoms. The van der Waals surface area contributed by atoms with E-state index >= 15 is 0 Å². The minimum atomic E-state index is -3.92. The van der Waals surface area contributed by atoms with Gasteiger partial charge >= 0.3 is 5.97 Å². The predicted molar refractivity (Wildman–Crippen MR) is 84.5 cm³/mol. The van der Waals surface area contributed by atoms with Crippen LogP contribution < -0.4 is 4.74 Å². The number of benzene rings is 1. The number of hydrogen-bond acceptors (Lipinski definition) is 5. The molecule has 1 N–H and O–H groups in total. The minimum Gasteiger partial charge on any atom is -0.497 e. The van der Waals surface area contributed by atoms with Gasteiger partial charge in [-0.15, -0.1) is 0 Å². The van der Waals surface area contributed by atoms with Crippen LogP contribution in [0.5, 0.6) is 5.75 Å². The Morgan fingerprint density at radius 2 is 2.00 bits per heavy atom. The molecule has 1 aromatic rings. The maximum Gasteiger partial charge on any atom is 0.318 e. The number of ether oxygens (including phenoxy) is 2. The van der Waals surface area contributed by atoms with Crippen molar-refractivity contribution < 1.29 is 27.8 Å². The molecule has 0 fully saturated rings. The first-order chi connectivity index (χ1) is 10.8. The summed E-state index contributed by atoms with van der Waals surface area (Å²) in [7, 11) is 0.427. The topological polar surface area (TPSA) is 96.4 Å². The van der Waals surface area contributed by atoms with Gasteiger partial charge in [-0.2, -0.15) is 17.0 Å². The van der Waals surface area contributed by atoms with Crippen LogP contribution >= 0.6 is 0 Å². The fourth-order valence-corrected chi connectivity index (χ4v) is 3.21. The largest absolute Gasteiger partial charge is 0.497 e. The van der Waals surface area contributed by atoms with Crippen molar-refractivity contribution >= 4 is 16.2 Å². The summed E-state index contributed by atoms with van der Waals surface area (Å²) in [6, 6.07) is 7.01. The van der Waals surface area contributed by atoms with E-state index < -0.39 is 22.7 Å². The van der Waals surface area contributed by atoms with Gasteiger partial charge in [0, 0.05) is 27.2 Å². The zero-order chi connectivity index (χ0) is 17.5. The molecule has 130 valence electrons. The van der Waals surface area contributed by atoms with Crippen molar-refractivity contribution in [2.24, 2.45) is 0 Å². The summed E-state index contributed by atoms with van der Waals surface area (Å²) >= 11 is 0. The third-order valence-electron chi connectivity index (χ3n) is 3.12. The monoisotopic (exact) mass is 346 g/mol. The highest BCUT2D eigenvalue weighted by Gasteiger charge is 2.28. The first-order valence-corrected chi connectivity index (χ1v) is 8.26. The number of carboxylic acids is 1. The summed E-state index contributed by atoms with van der Waals surface area (Å²) in [5, 5.41) is 8.90. The third kappa shape index (κ3) is 5.79. The van der Waals surface area contributed by atoms with Gasteiger partial charge in [-0.05, 0) is 17.7 Å². The number of carbonyl (C=O) groups is 1. The Morgan fingerprint density at radius 1 is 1.30 bits per heavy atom. The van der Waals surface area contributed by atoms with Crippen LogP contribution in [-0.4, -0.2) is 69.1 Å². The van der Waals surface area contributed by atoms with E-state index in [1.165, 1.54) is 21.3 Å². The van der Waals surface area contributed by atoms with Gasteiger partial charge in [-0.3, -0.25) is 4.79 Å². The molecule has 1 rings (SSSR count). The lowest BCUT2D eigenvalue weighted by Crippen LogP contribution is -2.45. The second-order valence-corrected chi connectivity index (χ2v) is 6.87. The van der Waals surface area contributed by atoms with Crippen LogP contribution in [-0.2, 0) is 26.3 Å². The van der Waals surface area contributed by atoms with Gasteiger partial charge in [0.15, 0.2) is 0 Å². The first kappa shape index (κ1) is 19.4. The van der Waals surface area contributed by atoms with E-state index in [4.69, 9.17) is 14.6 Å². The summed E-state index contributed by atoms with van der Waals surface area (Å²) < 4.78 is 37.0. The Balaban J connectivity index is 2.91. The molecule has 0 aliphatic carbocycles. The van der Waals surface area contributed by atoms with Gasteiger partial charge in [-0.1, -0.05) is 12.1 Å². The first-order valence-electron chi connectivity index (χ1n) is 6.86. The molecular formula is C14H22N2O6S. The number of methoxy groups -OCH3 is 2. The fraction of sp³-hybridized carbons (Fsp3) is 0.500. The van der Waals surface area contributed by atoms with Gasteiger partial charge in [0.1, 0.15) is 12.3 Å². The Morgan fingerprint density at radius 3 is 2.57 bits per heavy atom. The summed E-state index contributed by atoms with van der Waals surface area (Å²) in [5.74, 6) is -0.602. The average Bonchev–Trinajstić information content (AvgIpc) is 2.51. The van der Waals surface area contributed by atoms with Gasteiger partial charge in [0.2, 0.25) is 0 Å². The third-order valence-corrected chi connectivity index (χ3v) is 5.00. The molecule has 23 heavy (non-hydrogen) atoms. The predicted octanol–water partition coefficient (Wildman–Crippen LogP) is 0.405. The second-order valence-electron chi connectivity index (χ2n) is 4.84. The molecule has 1 aromatic carbocycles. The van der Waals surface area contributed by atoms with Gasteiger partial charge < -0.3 is 14.6 Å². The highest BCUT2D eigenvalue weighted by Crippen LogP contribution is 2.16. The van der Waals surface area contributed by atoms with Crippen molar-refractivity contribution in [3.63, 3.8) is 0 Å². The summed E-state index contributed by atoms with van der Waals surface area (Å²) in [4.78, 5) is 10.9.